The average Bonchev–Trinajstić information content (AvgIpc) is 2.23. The van der Waals surface area contributed by atoms with Gasteiger partial charge >= 0.3 is 0 Å². The van der Waals surface area contributed by atoms with Crippen molar-refractivity contribution in [3.63, 3.8) is 0 Å². The molecule has 3 unspecified atom stereocenters. The van der Waals surface area contributed by atoms with Gasteiger partial charge in [-0.05, 0) is 6.42 Å². The number of hydrogen-bond donors (Lipinski definition) is 2. The first-order valence-electron chi connectivity index (χ1n) is 5.45. The van der Waals surface area contributed by atoms with Crippen molar-refractivity contribution in [2.75, 3.05) is 7.11 Å². The van der Waals surface area contributed by atoms with E-state index in [9.17, 15) is 4.79 Å². The minimum absolute atomic E-state index is 0.0414. The molecule has 0 aromatic heterocycles. The van der Waals surface area contributed by atoms with Crippen LogP contribution in [0.1, 0.15) is 26.7 Å². The predicted octanol–water partition coefficient (Wildman–Crippen LogP) is 0.267. The first-order valence-corrected chi connectivity index (χ1v) is 5.45. The van der Waals surface area contributed by atoms with Crippen LogP contribution in [0, 0.1) is 17.8 Å². The summed E-state index contributed by atoms with van der Waals surface area (Å²) in [6, 6.07) is -0.490. The Bertz CT molecular complexity index is 307. The second-order valence-electron chi connectivity index (χ2n) is 4.86. The van der Waals surface area contributed by atoms with Gasteiger partial charge in [0.2, 0.25) is 5.91 Å². The van der Waals surface area contributed by atoms with Gasteiger partial charge in [0.15, 0.2) is 0 Å². The molecular weight excluding hydrogens is 204 g/mol. The topological polar surface area (TPSA) is 64.4 Å². The molecule has 0 spiro atoms. The Balaban J connectivity index is 2.46. The predicted molar refractivity (Wildman–Crippen MR) is 62.6 cm³/mol. The van der Waals surface area contributed by atoms with E-state index in [1.807, 2.05) is 0 Å². The highest BCUT2D eigenvalue weighted by atomic mass is 16.5. The first-order chi connectivity index (χ1) is 7.43. The van der Waals surface area contributed by atoms with Crippen molar-refractivity contribution < 1.29 is 9.53 Å². The van der Waals surface area contributed by atoms with Crippen LogP contribution in [0.2, 0.25) is 0 Å². The maximum atomic E-state index is 11.6. The fourth-order valence-corrected chi connectivity index (χ4v) is 2.03. The fraction of sp³-hybridized carbons (Fsp3) is 0.750. The number of rotatable bonds is 4. The number of carbonyl (C=O) groups excluding carboxylic acids is 1. The lowest BCUT2D eigenvalue weighted by Crippen LogP contribution is -2.63. The van der Waals surface area contributed by atoms with Gasteiger partial charge in [-0.25, -0.2) is 0 Å². The minimum atomic E-state index is -0.609. The molecule has 4 nitrogen and oxygen atoms in total. The summed E-state index contributed by atoms with van der Waals surface area (Å²) in [6.07, 6.45) is 6.41. The lowest BCUT2D eigenvalue weighted by molar-refractivity contribution is -0.133. The second kappa shape index (κ2) is 4.86. The molecule has 0 aliphatic heterocycles. The molecule has 0 heterocycles. The Morgan fingerprint density at radius 3 is 2.81 bits per heavy atom. The molecule has 16 heavy (non-hydrogen) atoms. The SMILES string of the molecule is C#CCC(N)C(=O)NC1CC(OC)C1(C)C. The van der Waals surface area contributed by atoms with E-state index in [-0.39, 0.29) is 29.9 Å². The number of carbonyl (C=O) groups is 1. The van der Waals surface area contributed by atoms with Crippen LogP contribution in [0.25, 0.3) is 0 Å². The van der Waals surface area contributed by atoms with Gasteiger partial charge in [0.25, 0.3) is 0 Å². The number of ether oxygens (including phenoxy) is 1. The van der Waals surface area contributed by atoms with Crippen molar-refractivity contribution in [2.45, 2.75) is 44.9 Å². The molecular formula is C12H20N2O2. The van der Waals surface area contributed by atoms with E-state index < -0.39 is 6.04 Å². The number of terminal acetylenes is 1. The van der Waals surface area contributed by atoms with Crippen molar-refractivity contribution >= 4 is 5.91 Å². The Morgan fingerprint density at radius 1 is 1.75 bits per heavy atom. The quantitative estimate of drug-likeness (QED) is 0.674. The van der Waals surface area contributed by atoms with Crippen LogP contribution in [0.4, 0.5) is 0 Å². The van der Waals surface area contributed by atoms with Crippen LogP contribution in [0.3, 0.4) is 0 Å². The highest BCUT2D eigenvalue weighted by Crippen LogP contribution is 2.42. The molecule has 90 valence electrons. The van der Waals surface area contributed by atoms with Crippen LogP contribution < -0.4 is 11.1 Å². The highest BCUT2D eigenvalue weighted by Gasteiger charge is 2.49. The first kappa shape index (κ1) is 13.0. The summed E-state index contributed by atoms with van der Waals surface area (Å²) in [5, 5.41) is 2.92. The third-order valence-electron chi connectivity index (χ3n) is 3.45. The molecule has 1 fully saturated rings. The molecule has 1 saturated carbocycles. The van der Waals surface area contributed by atoms with Crippen LogP contribution in [0.15, 0.2) is 0 Å². The molecule has 1 amide bonds. The number of methoxy groups -OCH3 is 1. The maximum Gasteiger partial charge on any atom is 0.238 e. The second-order valence-corrected chi connectivity index (χ2v) is 4.86. The van der Waals surface area contributed by atoms with E-state index in [0.717, 1.165) is 6.42 Å². The summed E-state index contributed by atoms with van der Waals surface area (Å²) in [6.45, 7) is 4.14. The normalized spacial score (nSPS) is 28.7. The van der Waals surface area contributed by atoms with Gasteiger partial charge < -0.3 is 15.8 Å². The molecule has 3 N–H and O–H groups in total. The zero-order chi connectivity index (χ0) is 12.3. The van der Waals surface area contributed by atoms with Gasteiger partial charge in [-0.1, -0.05) is 13.8 Å². The van der Waals surface area contributed by atoms with Gasteiger partial charge in [0.1, 0.15) is 0 Å². The summed E-state index contributed by atoms with van der Waals surface area (Å²) in [4.78, 5) is 11.6. The zero-order valence-corrected chi connectivity index (χ0v) is 10.1. The smallest absolute Gasteiger partial charge is 0.238 e. The summed E-state index contributed by atoms with van der Waals surface area (Å²) >= 11 is 0. The van der Waals surface area contributed by atoms with Crippen LogP contribution >= 0.6 is 0 Å². The molecule has 1 rings (SSSR count). The van der Waals surface area contributed by atoms with Crippen molar-refractivity contribution in [1.82, 2.24) is 5.32 Å². The molecule has 0 radical (unpaired) electrons. The molecule has 1 aliphatic carbocycles. The molecule has 0 aromatic rings. The van der Waals surface area contributed by atoms with Crippen molar-refractivity contribution in [3.8, 4) is 12.3 Å². The average molecular weight is 224 g/mol. The summed E-state index contributed by atoms with van der Waals surface area (Å²) < 4.78 is 5.31. The zero-order valence-electron chi connectivity index (χ0n) is 10.1. The van der Waals surface area contributed by atoms with Gasteiger partial charge in [-0.3, -0.25) is 4.79 Å². The van der Waals surface area contributed by atoms with Crippen molar-refractivity contribution in [3.05, 3.63) is 0 Å². The van der Waals surface area contributed by atoms with Gasteiger partial charge in [-0.15, -0.1) is 12.3 Å². The lowest BCUT2D eigenvalue weighted by atomic mass is 9.64. The van der Waals surface area contributed by atoms with Crippen LogP contribution in [-0.2, 0) is 9.53 Å². The van der Waals surface area contributed by atoms with E-state index in [0.29, 0.717) is 0 Å². The Morgan fingerprint density at radius 2 is 2.38 bits per heavy atom. The number of amides is 1. The van der Waals surface area contributed by atoms with Gasteiger partial charge in [0, 0.05) is 25.0 Å². The van der Waals surface area contributed by atoms with Crippen LogP contribution in [0.5, 0.6) is 0 Å². The minimum Gasteiger partial charge on any atom is -0.381 e. The van der Waals surface area contributed by atoms with Crippen molar-refractivity contribution in [2.24, 2.45) is 11.1 Å². The van der Waals surface area contributed by atoms with E-state index >= 15 is 0 Å². The molecule has 0 saturated heterocycles. The summed E-state index contributed by atoms with van der Waals surface area (Å²) in [7, 11) is 1.69. The Kier molecular flexibility index (Phi) is 3.95. The van der Waals surface area contributed by atoms with Gasteiger partial charge in [0.05, 0.1) is 12.1 Å². The van der Waals surface area contributed by atoms with Gasteiger partial charge in [-0.2, -0.15) is 0 Å². The maximum absolute atomic E-state index is 11.6. The number of hydrogen-bond acceptors (Lipinski definition) is 3. The summed E-state index contributed by atoms with van der Waals surface area (Å²) in [5.41, 5.74) is 5.58. The molecule has 1 aliphatic rings. The van der Waals surface area contributed by atoms with E-state index in [1.165, 1.54) is 0 Å². The van der Waals surface area contributed by atoms with Crippen molar-refractivity contribution in [1.29, 1.82) is 0 Å². The molecule has 0 aromatic carbocycles. The summed E-state index contributed by atoms with van der Waals surface area (Å²) in [5.74, 6) is 2.21. The third kappa shape index (κ3) is 2.37. The Labute approximate surface area is 96.9 Å². The number of nitrogens with one attached hydrogen (secondary N) is 1. The largest absolute Gasteiger partial charge is 0.381 e. The Hall–Kier alpha value is -1.05. The lowest BCUT2D eigenvalue weighted by Gasteiger charge is -2.51. The highest BCUT2D eigenvalue weighted by molar-refractivity contribution is 5.82. The monoisotopic (exact) mass is 224 g/mol. The fourth-order valence-electron chi connectivity index (χ4n) is 2.03. The third-order valence-corrected chi connectivity index (χ3v) is 3.45. The molecule has 3 atom stereocenters. The number of nitrogens with two attached hydrogens (primary N) is 1. The van der Waals surface area contributed by atoms with E-state index in [4.69, 9.17) is 16.9 Å². The van der Waals surface area contributed by atoms with Crippen LogP contribution in [-0.4, -0.2) is 31.2 Å². The van der Waals surface area contributed by atoms with E-state index in [1.54, 1.807) is 7.11 Å². The standard InChI is InChI=1S/C12H20N2O2/c1-5-6-8(13)11(15)14-9-7-10(16-4)12(9,2)3/h1,8-10H,6-7,13H2,2-4H3,(H,14,15). The van der Waals surface area contributed by atoms with E-state index in [2.05, 4.69) is 25.1 Å². The molecule has 0 bridgehead atoms. The molecule has 4 heteroatoms.